The van der Waals surface area contributed by atoms with Gasteiger partial charge in [-0.15, -0.1) is 0 Å². The van der Waals surface area contributed by atoms with Gasteiger partial charge in [-0.05, 0) is 31.2 Å². The molecule has 1 aromatic carbocycles. The fourth-order valence-corrected chi connectivity index (χ4v) is 3.22. The van der Waals surface area contributed by atoms with E-state index in [1.54, 1.807) is 6.07 Å². The van der Waals surface area contributed by atoms with Gasteiger partial charge in [-0.25, -0.2) is 0 Å². The molecule has 0 bridgehead atoms. The third kappa shape index (κ3) is 6.00. The molecule has 0 aromatic heterocycles. The second-order valence-electron chi connectivity index (χ2n) is 6.64. The van der Waals surface area contributed by atoms with E-state index in [1.165, 1.54) is 50.7 Å². The van der Waals surface area contributed by atoms with E-state index < -0.39 is 11.7 Å². The number of rotatable bonds is 8. The monoisotopic (exact) mass is 342 g/mol. The Bertz CT molecular complexity index is 480. The Morgan fingerprint density at radius 3 is 2.25 bits per heavy atom. The molecule has 136 valence electrons. The Balaban J connectivity index is 1.73. The molecule has 0 amide bonds. The van der Waals surface area contributed by atoms with E-state index in [-0.39, 0.29) is 0 Å². The molecule has 1 aromatic rings. The van der Waals surface area contributed by atoms with Crippen LogP contribution in [0.25, 0.3) is 0 Å². The summed E-state index contributed by atoms with van der Waals surface area (Å²) in [6, 6.07) is 5.68. The lowest BCUT2D eigenvalue weighted by atomic mass is 10.1. The number of halogens is 3. The average Bonchev–Trinajstić information content (AvgIpc) is 2.58. The first kappa shape index (κ1) is 19.1. The van der Waals surface area contributed by atoms with Gasteiger partial charge in [-0.3, -0.25) is 4.90 Å². The zero-order chi connectivity index (χ0) is 17.4. The molecule has 0 atom stereocenters. The third-order valence-corrected chi connectivity index (χ3v) is 4.74. The molecule has 24 heavy (non-hydrogen) atoms. The van der Waals surface area contributed by atoms with Crippen molar-refractivity contribution >= 4 is 5.69 Å². The largest absolute Gasteiger partial charge is 0.416 e. The molecule has 0 N–H and O–H groups in total. The highest BCUT2D eigenvalue weighted by molar-refractivity contribution is 5.49. The van der Waals surface area contributed by atoms with E-state index in [4.69, 9.17) is 0 Å². The van der Waals surface area contributed by atoms with Gasteiger partial charge >= 0.3 is 6.18 Å². The van der Waals surface area contributed by atoms with Crippen LogP contribution in [0.1, 0.15) is 51.0 Å². The SMILES string of the molecule is CCCCCCCCN1CCN(c2cccc(C(F)(F)F)c2)CC1. The predicted molar refractivity (Wildman–Crippen MR) is 93.5 cm³/mol. The van der Waals surface area contributed by atoms with E-state index >= 15 is 0 Å². The van der Waals surface area contributed by atoms with E-state index in [1.807, 2.05) is 0 Å². The van der Waals surface area contributed by atoms with Gasteiger partial charge in [0.2, 0.25) is 0 Å². The van der Waals surface area contributed by atoms with Crippen LogP contribution in [0, 0.1) is 0 Å². The predicted octanol–water partition coefficient (Wildman–Crippen LogP) is 5.19. The van der Waals surface area contributed by atoms with E-state index in [0.717, 1.165) is 38.8 Å². The van der Waals surface area contributed by atoms with Gasteiger partial charge in [0.15, 0.2) is 0 Å². The molecule has 0 radical (unpaired) electrons. The van der Waals surface area contributed by atoms with Gasteiger partial charge in [-0.1, -0.05) is 45.1 Å². The zero-order valence-corrected chi connectivity index (χ0v) is 14.6. The van der Waals surface area contributed by atoms with Gasteiger partial charge < -0.3 is 4.90 Å². The summed E-state index contributed by atoms with van der Waals surface area (Å²) in [5.41, 5.74) is 0.124. The molecule has 1 heterocycles. The molecule has 1 aliphatic heterocycles. The quantitative estimate of drug-likeness (QED) is 0.600. The minimum absolute atomic E-state index is 0.561. The Kier molecular flexibility index (Phi) is 7.40. The maximum Gasteiger partial charge on any atom is 0.416 e. The van der Waals surface area contributed by atoms with Gasteiger partial charge in [0.05, 0.1) is 5.56 Å². The summed E-state index contributed by atoms with van der Waals surface area (Å²) < 4.78 is 38.5. The molecule has 0 aliphatic carbocycles. The van der Waals surface area contributed by atoms with Crippen molar-refractivity contribution in [2.24, 2.45) is 0 Å². The molecule has 1 saturated heterocycles. The van der Waals surface area contributed by atoms with Crippen molar-refractivity contribution < 1.29 is 13.2 Å². The summed E-state index contributed by atoms with van der Waals surface area (Å²) in [6.07, 6.45) is 3.50. The van der Waals surface area contributed by atoms with Crippen LogP contribution in [0.2, 0.25) is 0 Å². The molecule has 0 spiro atoms. The summed E-state index contributed by atoms with van der Waals surface area (Å²) in [7, 11) is 0. The fourth-order valence-electron chi connectivity index (χ4n) is 3.22. The Morgan fingerprint density at radius 1 is 0.917 bits per heavy atom. The van der Waals surface area contributed by atoms with Crippen molar-refractivity contribution in [1.82, 2.24) is 4.90 Å². The lowest BCUT2D eigenvalue weighted by Gasteiger charge is -2.36. The summed E-state index contributed by atoms with van der Waals surface area (Å²) >= 11 is 0. The molecule has 1 aliphatic rings. The Hall–Kier alpha value is -1.23. The Morgan fingerprint density at radius 2 is 1.58 bits per heavy atom. The zero-order valence-electron chi connectivity index (χ0n) is 14.6. The maximum atomic E-state index is 12.8. The van der Waals surface area contributed by atoms with Crippen LogP contribution in [-0.4, -0.2) is 37.6 Å². The summed E-state index contributed by atoms with van der Waals surface area (Å²) in [5, 5.41) is 0. The standard InChI is InChI=1S/C19H29F3N2/c1-2-3-4-5-6-7-11-23-12-14-24(15-13-23)18-10-8-9-17(16-18)19(20,21)22/h8-10,16H,2-7,11-15H2,1H3. The number of nitrogens with zero attached hydrogens (tertiary/aromatic N) is 2. The number of alkyl halides is 3. The first-order valence-corrected chi connectivity index (χ1v) is 9.15. The lowest BCUT2D eigenvalue weighted by Crippen LogP contribution is -2.46. The fraction of sp³-hybridized carbons (Fsp3) is 0.684. The summed E-state index contributed by atoms with van der Waals surface area (Å²) in [6.45, 7) is 6.82. The molecular weight excluding hydrogens is 313 g/mol. The highest BCUT2D eigenvalue weighted by Gasteiger charge is 2.31. The van der Waals surface area contributed by atoms with Crippen LogP contribution >= 0.6 is 0 Å². The number of hydrogen-bond acceptors (Lipinski definition) is 2. The van der Waals surface area contributed by atoms with Crippen molar-refractivity contribution in [3.63, 3.8) is 0 Å². The van der Waals surface area contributed by atoms with Crippen molar-refractivity contribution in [2.45, 2.75) is 51.6 Å². The maximum absolute atomic E-state index is 12.8. The molecule has 1 fully saturated rings. The van der Waals surface area contributed by atoms with E-state index in [2.05, 4.69) is 16.7 Å². The number of benzene rings is 1. The van der Waals surface area contributed by atoms with Gasteiger partial charge in [0.25, 0.3) is 0 Å². The van der Waals surface area contributed by atoms with Crippen LogP contribution in [-0.2, 0) is 6.18 Å². The first-order chi connectivity index (χ1) is 11.5. The summed E-state index contributed by atoms with van der Waals surface area (Å²) in [5.74, 6) is 0. The van der Waals surface area contributed by atoms with Crippen molar-refractivity contribution in [3.8, 4) is 0 Å². The molecular formula is C19H29F3N2. The number of anilines is 1. The molecule has 2 rings (SSSR count). The second-order valence-corrected chi connectivity index (χ2v) is 6.64. The van der Waals surface area contributed by atoms with Crippen molar-refractivity contribution in [2.75, 3.05) is 37.6 Å². The lowest BCUT2D eigenvalue weighted by molar-refractivity contribution is -0.137. The Labute approximate surface area is 143 Å². The minimum atomic E-state index is -4.27. The van der Waals surface area contributed by atoms with Crippen LogP contribution in [0.15, 0.2) is 24.3 Å². The van der Waals surface area contributed by atoms with Crippen molar-refractivity contribution in [1.29, 1.82) is 0 Å². The average molecular weight is 342 g/mol. The topological polar surface area (TPSA) is 6.48 Å². The van der Waals surface area contributed by atoms with E-state index in [0.29, 0.717) is 5.69 Å². The van der Waals surface area contributed by atoms with Crippen LogP contribution in [0.4, 0.5) is 18.9 Å². The van der Waals surface area contributed by atoms with Crippen molar-refractivity contribution in [3.05, 3.63) is 29.8 Å². The van der Waals surface area contributed by atoms with Crippen LogP contribution in [0.3, 0.4) is 0 Å². The van der Waals surface area contributed by atoms with E-state index in [9.17, 15) is 13.2 Å². The smallest absolute Gasteiger partial charge is 0.369 e. The molecule has 0 saturated carbocycles. The van der Waals surface area contributed by atoms with Crippen LogP contribution in [0.5, 0.6) is 0 Å². The first-order valence-electron chi connectivity index (χ1n) is 9.15. The molecule has 5 heteroatoms. The number of unbranched alkanes of at least 4 members (excludes halogenated alkanes) is 5. The minimum Gasteiger partial charge on any atom is -0.369 e. The third-order valence-electron chi connectivity index (χ3n) is 4.74. The molecule has 2 nitrogen and oxygen atoms in total. The number of hydrogen-bond donors (Lipinski definition) is 0. The second kappa shape index (κ2) is 9.30. The van der Waals surface area contributed by atoms with Gasteiger partial charge in [0.1, 0.15) is 0 Å². The van der Waals surface area contributed by atoms with Gasteiger partial charge in [0, 0.05) is 31.9 Å². The summed E-state index contributed by atoms with van der Waals surface area (Å²) in [4.78, 5) is 4.50. The highest BCUT2D eigenvalue weighted by Crippen LogP contribution is 2.31. The highest BCUT2D eigenvalue weighted by atomic mass is 19.4. The van der Waals surface area contributed by atoms with Crippen LogP contribution < -0.4 is 4.90 Å². The molecule has 0 unspecified atom stereocenters. The van der Waals surface area contributed by atoms with Gasteiger partial charge in [-0.2, -0.15) is 13.2 Å². The number of piperazine rings is 1. The normalized spacial score (nSPS) is 16.6.